The van der Waals surface area contributed by atoms with Crippen LogP contribution in [0.3, 0.4) is 0 Å². The lowest BCUT2D eigenvalue weighted by atomic mass is 10.2. The molecule has 0 spiro atoms. The number of para-hydroxylation sites is 1. The predicted octanol–water partition coefficient (Wildman–Crippen LogP) is 4.20. The zero-order chi connectivity index (χ0) is 19.5. The molecule has 0 aliphatic rings. The van der Waals surface area contributed by atoms with Crippen LogP contribution < -0.4 is 10.6 Å². The summed E-state index contributed by atoms with van der Waals surface area (Å²) in [5.41, 5.74) is 3.37. The van der Waals surface area contributed by atoms with E-state index in [-0.39, 0.29) is 11.0 Å². The number of hydrogen-bond donors (Lipinski definition) is 2. The minimum atomic E-state index is -0.376. The molecule has 0 unspecified atom stereocenters. The van der Waals surface area contributed by atoms with Crippen molar-refractivity contribution in [2.75, 3.05) is 5.32 Å². The minimum Gasteiger partial charge on any atom is -0.332 e. The zero-order valence-corrected chi connectivity index (χ0v) is 16.0. The maximum absolute atomic E-state index is 12.3. The smallest absolute Gasteiger partial charge is 0.258 e. The molecule has 0 aliphatic heterocycles. The SMILES string of the molecule is O=C(NC(=S)Nc1ccc2nn(-c3ccccc3)nc2c1)c1ccccc1Cl. The quantitative estimate of drug-likeness (QED) is 0.498. The van der Waals surface area contributed by atoms with Crippen molar-refractivity contribution in [3.05, 3.63) is 83.4 Å². The van der Waals surface area contributed by atoms with E-state index in [9.17, 15) is 4.79 Å². The molecule has 6 nitrogen and oxygen atoms in total. The second-order valence-electron chi connectivity index (χ2n) is 5.92. The Labute approximate surface area is 171 Å². The van der Waals surface area contributed by atoms with E-state index >= 15 is 0 Å². The first-order chi connectivity index (χ1) is 13.6. The molecular weight excluding hydrogens is 394 g/mol. The van der Waals surface area contributed by atoms with Gasteiger partial charge in [0, 0.05) is 5.69 Å². The van der Waals surface area contributed by atoms with Crippen molar-refractivity contribution in [3.8, 4) is 5.69 Å². The van der Waals surface area contributed by atoms with Crippen LogP contribution in [0.5, 0.6) is 0 Å². The average molecular weight is 408 g/mol. The third kappa shape index (κ3) is 3.85. The van der Waals surface area contributed by atoms with Crippen molar-refractivity contribution in [2.24, 2.45) is 0 Å². The number of anilines is 1. The Hall–Kier alpha value is -3.29. The van der Waals surface area contributed by atoms with Gasteiger partial charge in [-0.05, 0) is 54.7 Å². The largest absolute Gasteiger partial charge is 0.332 e. The van der Waals surface area contributed by atoms with Crippen LogP contribution in [0.15, 0.2) is 72.8 Å². The Morgan fingerprint density at radius 2 is 1.64 bits per heavy atom. The molecule has 3 aromatic carbocycles. The molecule has 1 amide bonds. The highest BCUT2D eigenvalue weighted by Gasteiger charge is 2.12. The maximum atomic E-state index is 12.3. The molecule has 0 atom stereocenters. The second-order valence-corrected chi connectivity index (χ2v) is 6.73. The van der Waals surface area contributed by atoms with Crippen LogP contribution in [0, 0.1) is 0 Å². The van der Waals surface area contributed by atoms with Gasteiger partial charge in [-0.1, -0.05) is 41.9 Å². The van der Waals surface area contributed by atoms with Crippen LogP contribution in [-0.4, -0.2) is 26.0 Å². The van der Waals surface area contributed by atoms with Crippen molar-refractivity contribution in [3.63, 3.8) is 0 Å². The summed E-state index contributed by atoms with van der Waals surface area (Å²) in [6.45, 7) is 0. The first-order valence-electron chi connectivity index (χ1n) is 8.39. The Bertz CT molecular complexity index is 1180. The summed E-state index contributed by atoms with van der Waals surface area (Å²) in [5, 5.41) is 15.1. The third-order valence-electron chi connectivity index (χ3n) is 3.97. The third-order valence-corrected chi connectivity index (χ3v) is 4.50. The molecule has 0 fully saturated rings. The Kier molecular flexibility index (Phi) is 5.01. The molecule has 4 aromatic rings. The lowest BCUT2D eigenvalue weighted by molar-refractivity contribution is 0.0978. The molecule has 28 heavy (non-hydrogen) atoms. The highest BCUT2D eigenvalue weighted by molar-refractivity contribution is 7.80. The van der Waals surface area contributed by atoms with E-state index < -0.39 is 0 Å². The van der Waals surface area contributed by atoms with Crippen LogP contribution >= 0.6 is 23.8 Å². The summed E-state index contributed by atoms with van der Waals surface area (Å²) in [6, 6.07) is 21.9. The van der Waals surface area contributed by atoms with Gasteiger partial charge < -0.3 is 5.32 Å². The fraction of sp³-hybridized carbons (Fsp3) is 0. The number of nitrogens with zero attached hydrogens (tertiary/aromatic N) is 3. The van der Waals surface area contributed by atoms with Gasteiger partial charge in [-0.15, -0.1) is 10.2 Å². The van der Waals surface area contributed by atoms with Gasteiger partial charge in [-0.3, -0.25) is 10.1 Å². The average Bonchev–Trinajstić information content (AvgIpc) is 3.12. The van der Waals surface area contributed by atoms with E-state index in [0.717, 1.165) is 11.2 Å². The lowest BCUT2D eigenvalue weighted by Gasteiger charge is -2.10. The molecule has 0 bridgehead atoms. The normalized spacial score (nSPS) is 10.6. The molecule has 2 N–H and O–H groups in total. The monoisotopic (exact) mass is 407 g/mol. The van der Waals surface area contributed by atoms with Gasteiger partial charge in [-0.25, -0.2) is 0 Å². The summed E-state index contributed by atoms with van der Waals surface area (Å²) in [5.74, 6) is -0.376. The summed E-state index contributed by atoms with van der Waals surface area (Å²) in [6.07, 6.45) is 0. The molecule has 0 saturated carbocycles. The van der Waals surface area contributed by atoms with Crippen LogP contribution in [0.25, 0.3) is 16.7 Å². The summed E-state index contributed by atoms with van der Waals surface area (Å²) >= 11 is 11.3. The standard InChI is InChI=1S/C20H14ClN5OS/c21-16-9-5-4-8-15(16)19(27)23-20(28)22-13-10-11-17-18(12-13)25-26(24-17)14-6-2-1-3-7-14/h1-12H,(H2,22,23,27,28). The van der Waals surface area contributed by atoms with E-state index in [1.54, 1.807) is 29.1 Å². The van der Waals surface area contributed by atoms with Gasteiger partial charge in [0.1, 0.15) is 11.0 Å². The Morgan fingerprint density at radius 3 is 2.43 bits per heavy atom. The van der Waals surface area contributed by atoms with E-state index in [1.165, 1.54) is 0 Å². The molecule has 1 aromatic heterocycles. The van der Waals surface area contributed by atoms with E-state index in [0.29, 0.717) is 21.8 Å². The van der Waals surface area contributed by atoms with E-state index in [1.807, 2.05) is 48.5 Å². The molecule has 8 heteroatoms. The first kappa shape index (κ1) is 18.1. The van der Waals surface area contributed by atoms with Gasteiger partial charge in [0.15, 0.2) is 5.11 Å². The summed E-state index contributed by atoms with van der Waals surface area (Å²) < 4.78 is 0. The molecule has 0 radical (unpaired) electrons. The first-order valence-corrected chi connectivity index (χ1v) is 9.18. The number of amides is 1. The number of nitrogens with one attached hydrogen (secondary N) is 2. The number of thiocarbonyl (C=S) groups is 1. The van der Waals surface area contributed by atoms with Crippen LogP contribution in [0.1, 0.15) is 10.4 Å². The molecule has 1 heterocycles. The van der Waals surface area contributed by atoms with Crippen LogP contribution in [0.4, 0.5) is 5.69 Å². The molecule has 4 rings (SSSR count). The predicted molar refractivity (Wildman–Crippen MR) is 114 cm³/mol. The Morgan fingerprint density at radius 1 is 0.929 bits per heavy atom. The van der Waals surface area contributed by atoms with Crippen molar-refractivity contribution >= 4 is 51.6 Å². The number of carbonyl (C=O) groups is 1. The molecule has 0 saturated heterocycles. The van der Waals surface area contributed by atoms with Gasteiger partial charge in [0.05, 0.1) is 16.3 Å². The highest BCUT2D eigenvalue weighted by Crippen LogP contribution is 2.18. The number of rotatable bonds is 3. The topological polar surface area (TPSA) is 71.8 Å². The van der Waals surface area contributed by atoms with Gasteiger partial charge in [0.25, 0.3) is 5.91 Å². The van der Waals surface area contributed by atoms with Crippen LogP contribution in [0.2, 0.25) is 5.02 Å². The summed E-state index contributed by atoms with van der Waals surface area (Å²) in [7, 11) is 0. The number of aromatic nitrogens is 3. The van der Waals surface area contributed by atoms with Crippen molar-refractivity contribution in [1.82, 2.24) is 20.3 Å². The van der Waals surface area contributed by atoms with Gasteiger partial charge in [0.2, 0.25) is 0 Å². The van der Waals surface area contributed by atoms with E-state index in [2.05, 4.69) is 20.8 Å². The number of carbonyl (C=O) groups excluding carboxylic acids is 1. The highest BCUT2D eigenvalue weighted by atomic mass is 35.5. The minimum absolute atomic E-state index is 0.166. The number of benzene rings is 3. The second kappa shape index (κ2) is 7.75. The van der Waals surface area contributed by atoms with Crippen molar-refractivity contribution < 1.29 is 4.79 Å². The molecule has 0 aliphatic carbocycles. The fourth-order valence-corrected chi connectivity index (χ4v) is 3.08. The number of halogens is 1. The van der Waals surface area contributed by atoms with Gasteiger partial charge in [-0.2, -0.15) is 4.80 Å². The van der Waals surface area contributed by atoms with Crippen molar-refractivity contribution in [1.29, 1.82) is 0 Å². The summed E-state index contributed by atoms with van der Waals surface area (Å²) in [4.78, 5) is 13.9. The molecule has 138 valence electrons. The van der Waals surface area contributed by atoms with Crippen molar-refractivity contribution in [2.45, 2.75) is 0 Å². The Balaban J connectivity index is 1.49. The lowest BCUT2D eigenvalue weighted by Crippen LogP contribution is -2.34. The number of hydrogen-bond acceptors (Lipinski definition) is 4. The maximum Gasteiger partial charge on any atom is 0.258 e. The molecular formula is C20H14ClN5OS. The van der Waals surface area contributed by atoms with E-state index in [4.69, 9.17) is 23.8 Å². The number of fused-ring (bicyclic) bond motifs is 1. The van der Waals surface area contributed by atoms with Gasteiger partial charge >= 0.3 is 0 Å². The van der Waals surface area contributed by atoms with Crippen LogP contribution in [-0.2, 0) is 0 Å². The zero-order valence-electron chi connectivity index (χ0n) is 14.5. The fourth-order valence-electron chi connectivity index (χ4n) is 2.65.